The molecular formula is C14H12Cl2N2O2. The molecule has 0 aliphatic carbocycles. The SMILES string of the molecule is O=C(NC(CO)c1ccccc1)c1nc(Cl)ccc1Cl. The van der Waals surface area contributed by atoms with E-state index in [4.69, 9.17) is 23.2 Å². The fraction of sp³-hybridized carbons (Fsp3) is 0.143. The second-order valence-corrected chi connectivity index (χ2v) is 4.88. The standard InChI is InChI=1S/C14H12Cl2N2O2/c15-10-6-7-12(16)18-13(10)14(20)17-11(8-19)9-4-2-1-3-5-9/h1-7,11,19H,8H2,(H,17,20). The Hall–Kier alpha value is -1.62. The molecule has 0 aliphatic rings. The Kier molecular flexibility index (Phi) is 4.95. The van der Waals surface area contributed by atoms with Gasteiger partial charge in [-0.15, -0.1) is 0 Å². The van der Waals surface area contributed by atoms with E-state index in [2.05, 4.69) is 10.3 Å². The van der Waals surface area contributed by atoms with Crippen LogP contribution in [0.1, 0.15) is 22.1 Å². The van der Waals surface area contributed by atoms with Crippen molar-refractivity contribution in [2.24, 2.45) is 0 Å². The number of aliphatic hydroxyl groups excluding tert-OH is 1. The summed E-state index contributed by atoms with van der Waals surface area (Å²) in [5, 5.41) is 12.5. The van der Waals surface area contributed by atoms with Crippen molar-refractivity contribution in [3.8, 4) is 0 Å². The molecule has 0 aliphatic heterocycles. The zero-order valence-corrected chi connectivity index (χ0v) is 11.9. The van der Waals surface area contributed by atoms with Crippen molar-refractivity contribution in [3.63, 3.8) is 0 Å². The monoisotopic (exact) mass is 310 g/mol. The van der Waals surface area contributed by atoms with E-state index in [-0.39, 0.29) is 22.5 Å². The van der Waals surface area contributed by atoms with Crippen molar-refractivity contribution < 1.29 is 9.90 Å². The first-order valence-corrected chi connectivity index (χ1v) is 6.66. The molecule has 0 radical (unpaired) electrons. The summed E-state index contributed by atoms with van der Waals surface area (Å²) in [5.41, 5.74) is 0.829. The average molecular weight is 311 g/mol. The molecule has 0 saturated heterocycles. The van der Waals surface area contributed by atoms with Crippen LogP contribution >= 0.6 is 23.2 Å². The van der Waals surface area contributed by atoms with Crippen LogP contribution in [0.3, 0.4) is 0 Å². The third kappa shape index (κ3) is 3.48. The largest absolute Gasteiger partial charge is 0.394 e. The molecule has 0 spiro atoms. The topological polar surface area (TPSA) is 62.2 Å². The van der Waals surface area contributed by atoms with Gasteiger partial charge in [0.15, 0.2) is 0 Å². The maximum atomic E-state index is 12.1. The van der Waals surface area contributed by atoms with E-state index in [1.54, 1.807) is 0 Å². The lowest BCUT2D eigenvalue weighted by molar-refractivity contribution is 0.0911. The number of nitrogens with one attached hydrogen (secondary N) is 1. The molecule has 0 bridgehead atoms. The van der Waals surface area contributed by atoms with E-state index >= 15 is 0 Å². The summed E-state index contributed by atoms with van der Waals surface area (Å²) in [6, 6.07) is 11.6. The Morgan fingerprint density at radius 3 is 2.55 bits per heavy atom. The second kappa shape index (κ2) is 6.70. The minimum Gasteiger partial charge on any atom is -0.394 e. The lowest BCUT2D eigenvalue weighted by atomic mass is 10.1. The molecule has 2 aromatic rings. The molecule has 1 unspecified atom stereocenters. The molecule has 1 aromatic heterocycles. The molecule has 2 N–H and O–H groups in total. The van der Waals surface area contributed by atoms with Gasteiger partial charge in [-0.2, -0.15) is 0 Å². The van der Waals surface area contributed by atoms with Gasteiger partial charge >= 0.3 is 0 Å². The quantitative estimate of drug-likeness (QED) is 0.854. The Balaban J connectivity index is 2.20. The number of hydrogen-bond donors (Lipinski definition) is 2. The van der Waals surface area contributed by atoms with Gasteiger partial charge in [0.25, 0.3) is 5.91 Å². The molecule has 0 saturated carbocycles. The highest BCUT2D eigenvalue weighted by atomic mass is 35.5. The smallest absolute Gasteiger partial charge is 0.272 e. The van der Waals surface area contributed by atoms with Crippen LogP contribution in [-0.2, 0) is 0 Å². The number of aliphatic hydroxyl groups is 1. The molecule has 0 fully saturated rings. The molecule has 1 amide bonds. The number of pyridine rings is 1. The second-order valence-electron chi connectivity index (χ2n) is 4.08. The van der Waals surface area contributed by atoms with Crippen LogP contribution in [0.4, 0.5) is 0 Å². The van der Waals surface area contributed by atoms with Crippen LogP contribution in [0.15, 0.2) is 42.5 Å². The number of hydrogen-bond acceptors (Lipinski definition) is 3. The molecule has 104 valence electrons. The first-order valence-electron chi connectivity index (χ1n) is 5.90. The van der Waals surface area contributed by atoms with Crippen LogP contribution in [0.2, 0.25) is 10.2 Å². The van der Waals surface area contributed by atoms with Gasteiger partial charge in [0, 0.05) is 0 Å². The highest BCUT2D eigenvalue weighted by molar-refractivity contribution is 6.34. The molecule has 2 rings (SSSR count). The Labute approximate surface area is 126 Å². The van der Waals surface area contributed by atoms with Crippen molar-refractivity contribution in [2.45, 2.75) is 6.04 Å². The number of amides is 1. The summed E-state index contributed by atoms with van der Waals surface area (Å²) in [4.78, 5) is 16.0. The third-order valence-electron chi connectivity index (χ3n) is 2.72. The Morgan fingerprint density at radius 2 is 1.90 bits per heavy atom. The zero-order chi connectivity index (χ0) is 14.5. The predicted molar refractivity (Wildman–Crippen MR) is 78.0 cm³/mol. The van der Waals surface area contributed by atoms with Gasteiger partial charge in [-0.05, 0) is 17.7 Å². The molecule has 20 heavy (non-hydrogen) atoms. The van der Waals surface area contributed by atoms with Gasteiger partial charge < -0.3 is 10.4 Å². The number of halogens is 2. The predicted octanol–water partition coefficient (Wildman–Crippen LogP) is 2.85. The van der Waals surface area contributed by atoms with Crippen molar-refractivity contribution in [3.05, 3.63) is 63.9 Å². The minimum absolute atomic E-state index is 0.0357. The maximum absolute atomic E-state index is 12.1. The first-order chi connectivity index (χ1) is 9.61. The number of rotatable bonds is 4. The Morgan fingerprint density at radius 1 is 1.20 bits per heavy atom. The summed E-state index contributed by atoms with van der Waals surface area (Å²) >= 11 is 11.7. The Bertz CT molecular complexity index is 605. The normalized spacial score (nSPS) is 11.9. The zero-order valence-electron chi connectivity index (χ0n) is 10.4. The number of carbonyl (C=O) groups excluding carboxylic acids is 1. The van der Waals surface area contributed by atoms with E-state index in [9.17, 15) is 9.90 Å². The van der Waals surface area contributed by atoms with Crippen LogP contribution in [0.25, 0.3) is 0 Å². The van der Waals surface area contributed by atoms with Crippen LogP contribution in [0.5, 0.6) is 0 Å². The molecule has 1 heterocycles. The van der Waals surface area contributed by atoms with E-state index in [1.165, 1.54) is 12.1 Å². The van der Waals surface area contributed by atoms with Crippen molar-refractivity contribution >= 4 is 29.1 Å². The van der Waals surface area contributed by atoms with Gasteiger partial charge in [-0.25, -0.2) is 4.98 Å². The summed E-state index contributed by atoms with van der Waals surface area (Å²) in [5.74, 6) is -0.486. The number of aromatic nitrogens is 1. The van der Waals surface area contributed by atoms with Crippen molar-refractivity contribution in [1.29, 1.82) is 0 Å². The fourth-order valence-corrected chi connectivity index (χ4v) is 2.06. The summed E-state index contributed by atoms with van der Waals surface area (Å²) < 4.78 is 0. The summed E-state index contributed by atoms with van der Waals surface area (Å²) in [6.45, 7) is -0.228. The van der Waals surface area contributed by atoms with Gasteiger partial charge in [0.2, 0.25) is 0 Å². The minimum atomic E-state index is -0.527. The number of benzene rings is 1. The maximum Gasteiger partial charge on any atom is 0.272 e. The van der Waals surface area contributed by atoms with Crippen LogP contribution in [0, 0.1) is 0 Å². The van der Waals surface area contributed by atoms with Gasteiger partial charge in [-0.1, -0.05) is 53.5 Å². The molecule has 1 atom stereocenters. The van der Waals surface area contributed by atoms with E-state index in [1.807, 2.05) is 30.3 Å². The number of carbonyl (C=O) groups is 1. The summed E-state index contributed by atoms with van der Waals surface area (Å²) in [6.07, 6.45) is 0. The molecular weight excluding hydrogens is 299 g/mol. The fourth-order valence-electron chi connectivity index (χ4n) is 1.72. The van der Waals surface area contributed by atoms with Gasteiger partial charge in [0.05, 0.1) is 17.7 Å². The number of nitrogens with zero attached hydrogens (tertiary/aromatic N) is 1. The van der Waals surface area contributed by atoms with Crippen molar-refractivity contribution in [2.75, 3.05) is 6.61 Å². The van der Waals surface area contributed by atoms with E-state index in [0.717, 1.165) is 5.56 Å². The lowest BCUT2D eigenvalue weighted by Crippen LogP contribution is -2.31. The summed E-state index contributed by atoms with van der Waals surface area (Å²) in [7, 11) is 0. The molecule has 1 aromatic carbocycles. The van der Waals surface area contributed by atoms with Crippen LogP contribution in [-0.4, -0.2) is 22.6 Å². The molecule has 6 heteroatoms. The highest BCUT2D eigenvalue weighted by Gasteiger charge is 2.18. The highest BCUT2D eigenvalue weighted by Crippen LogP contribution is 2.18. The van der Waals surface area contributed by atoms with Gasteiger partial charge in [-0.3, -0.25) is 4.79 Å². The molecule has 4 nitrogen and oxygen atoms in total. The average Bonchev–Trinajstić information content (AvgIpc) is 2.48. The van der Waals surface area contributed by atoms with Crippen LogP contribution < -0.4 is 5.32 Å². The third-order valence-corrected chi connectivity index (χ3v) is 3.23. The van der Waals surface area contributed by atoms with E-state index in [0.29, 0.717) is 0 Å². The first kappa shape index (κ1) is 14.8. The van der Waals surface area contributed by atoms with E-state index < -0.39 is 11.9 Å². The van der Waals surface area contributed by atoms with Gasteiger partial charge in [0.1, 0.15) is 10.8 Å². The van der Waals surface area contributed by atoms with Crippen molar-refractivity contribution in [1.82, 2.24) is 10.3 Å². The lowest BCUT2D eigenvalue weighted by Gasteiger charge is -2.16.